The Morgan fingerprint density at radius 2 is 1.83 bits per heavy atom. The molecular weight excluding hydrogens is 402 g/mol. The summed E-state index contributed by atoms with van der Waals surface area (Å²) in [6.45, 7) is 8.49. The average molecular weight is 434 g/mol. The maximum Gasteiger partial charge on any atom is 0.287 e. The van der Waals surface area contributed by atoms with E-state index >= 15 is 0 Å². The second kappa shape index (κ2) is 11.2. The van der Waals surface area contributed by atoms with Gasteiger partial charge in [-0.25, -0.2) is 4.68 Å². The maximum atomic E-state index is 12.3. The van der Waals surface area contributed by atoms with Gasteiger partial charge in [0.25, 0.3) is 5.56 Å². The number of anilines is 2. The minimum absolute atomic E-state index is 0.220. The molecule has 0 unspecified atom stereocenters. The second-order valence-corrected chi connectivity index (χ2v) is 7.87. The fourth-order valence-electron chi connectivity index (χ4n) is 3.82. The number of nitrogens with one attached hydrogen (secondary N) is 1. The van der Waals surface area contributed by atoms with Crippen molar-refractivity contribution in [3.8, 4) is 5.75 Å². The molecule has 1 aromatic carbocycles. The number of aryl methyl sites for hydroxylation is 1. The molecule has 1 aromatic heterocycles. The fourth-order valence-corrected chi connectivity index (χ4v) is 4.03. The molecule has 0 bridgehead atoms. The van der Waals surface area contributed by atoms with Crippen LogP contribution in [0.2, 0.25) is 5.02 Å². The monoisotopic (exact) mass is 433 g/mol. The Kier molecular flexibility index (Phi) is 8.39. The van der Waals surface area contributed by atoms with E-state index < -0.39 is 0 Å². The largest absolute Gasteiger partial charge is 0.495 e. The van der Waals surface area contributed by atoms with Gasteiger partial charge < -0.3 is 15.0 Å². The van der Waals surface area contributed by atoms with Gasteiger partial charge in [0.05, 0.1) is 24.7 Å². The number of nitrogens with zero attached hydrogens (tertiary/aromatic N) is 4. The fraction of sp³-hybridized carbons (Fsp3) is 0.545. The summed E-state index contributed by atoms with van der Waals surface area (Å²) in [5, 5.41) is 7.50. The van der Waals surface area contributed by atoms with Gasteiger partial charge in [-0.3, -0.25) is 9.69 Å². The van der Waals surface area contributed by atoms with E-state index in [0.29, 0.717) is 18.8 Å². The first-order valence-electron chi connectivity index (χ1n) is 10.7. The van der Waals surface area contributed by atoms with Crippen LogP contribution < -0.4 is 20.5 Å². The van der Waals surface area contributed by atoms with E-state index in [4.69, 9.17) is 16.3 Å². The number of unbranched alkanes of at least 4 members (excludes halogenated alkanes) is 2. The van der Waals surface area contributed by atoms with Crippen LogP contribution in [0.15, 0.2) is 35.3 Å². The van der Waals surface area contributed by atoms with Crippen molar-refractivity contribution in [2.24, 2.45) is 0 Å². The number of hydrogen-bond acceptors (Lipinski definition) is 6. The number of para-hydroxylation sites is 2. The molecule has 1 aliphatic heterocycles. The molecule has 1 N–H and O–H groups in total. The molecule has 2 heterocycles. The van der Waals surface area contributed by atoms with Crippen LogP contribution in [-0.4, -0.2) is 61.1 Å². The van der Waals surface area contributed by atoms with Gasteiger partial charge in [0, 0.05) is 39.3 Å². The van der Waals surface area contributed by atoms with Crippen LogP contribution in [0.4, 0.5) is 11.4 Å². The van der Waals surface area contributed by atoms with Crippen LogP contribution in [-0.2, 0) is 6.54 Å². The number of hydrogen-bond donors (Lipinski definition) is 1. The van der Waals surface area contributed by atoms with Gasteiger partial charge in [-0.2, -0.15) is 5.10 Å². The maximum absolute atomic E-state index is 12.3. The van der Waals surface area contributed by atoms with E-state index in [1.807, 2.05) is 19.1 Å². The number of benzene rings is 1. The molecule has 0 amide bonds. The third-order valence-corrected chi connectivity index (χ3v) is 5.86. The van der Waals surface area contributed by atoms with Crippen molar-refractivity contribution >= 4 is 23.0 Å². The molecule has 1 fully saturated rings. The van der Waals surface area contributed by atoms with Gasteiger partial charge in [-0.15, -0.1) is 0 Å². The van der Waals surface area contributed by atoms with Crippen LogP contribution >= 0.6 is 11.6 Å². The van der Waals surface area contributed by atoms with Gasteiger partial charge in [-0.05, 0) is 38.4 Å². The third kappa shape index (κ3) is 5.67. The van der Waals surface area contributed by atoms with Gasteiger partial charge in [0.15, 0.2) is 0 Å². The lowest BCUT2D eigenvalue weighted by Crippen LogP contribution is -2.46. The third-order valence-electron chi connectivity index (χ3n) is 5.49. The van der Waals surface area contributed by atoms with E-state index in [0.717, 1.165) is 57.7 Å². The zero-order valence-electron chi connectivity index (χ0n) is 17.9. The predicted molar refractivity (Wildman–Crippen MR) is 123 cm³/mol. The summed E-state index contributed by atoms with van der Waals surface area (Å²) in [7, 11) is 1.73. The van der Waals surface area contributed by atoms with E-state index in [9.17, 15) is 4.79 Å². The van der Waals surface area contributed by atoms with Crippen molar-refractivity contribution in [1.82, 2.24) is 14.7 Å². The molecule has 0 radical (unpaired) electrons. The Bertz CT molecular complexity index is 865. The smallest absolute Gasteiger partial charge is 0.287 e. The molecule has 1 saturated heterocycles. The number of methoxy groups -OCH3 is 1. The lowest BCUT2D eigenvalue weighted by Gasteiger charge is -2.36. The zero-order chi connectivity index (χ0) is 21.3. The van der Waals surface area contributed by atoms with Crippen molar-refractivity contribution in [2.75, 3.05) is 56.6 Å². The van der Waals surface area contributed by atoms with E-state index in [-0.39, 0.29) is 10.6 Å². The van der Waals surface area contributed by atoms with Crippen molar-refractivity contribution in [3.05, 3.63) is 45.8 Å². The SMILES string of the molecule is CCNc1cnn(CCCCCN2CCN(c3ccccc3OC)CC2)c(=O)c1Cl. The Hall–Kier alpha value is -2.25. The Morgan fingerprint density at radius 1 is 1.10 bits per heavy atom. The molecule has 8 heteroatoms. The summed E-state index contributed by atoms with van der Waals surface area (Å²) in [4.78, 5) is 17.2. The van der Waals surface area contributed by atoms with Crippen LogP contribution in [0.3, 0.4) is 0 Å². The molecule has 0 aliphatic carbocycles. The van der Waals surface area contributed by atoms with Crippen LogP contribution in [0.25, 0.3) is 0 Å². The standard InChI is InChI=1S/C22H32ClN5O2/c1-3-24-18-17-25-28(22(29)21(18)23)12-8-4-7-11-26-13-15-27(16-14-26)19-9-5-6-10-20(19)30-2/h5-6,9-10,17,24H,3-4,7-8,11-16H2,1-2H3. The Labute approximate surface area is 183 Å². The highest BCUT2D eigenvalue weighted by Crippen LogP contribution is 2.28. The molecule has 0 saturated carbocycles. The molecule has 0 atom stereocenters. The Balaban J connectivity index is 1.37. The molecule has 0 spiro atoms. The number of halogens is 1. The van der Waals surface area contributed by atoms with E-state index in [1.54, 1.807) is 13.3 Å². The highest BCUT2D eigenvalue weighted by atomic mass is 35.5. The van der Waals surface area contributed by atoms with Crippen LogP contribution in [0, 0.1) is 0 Å². The molecule has 164 valence electrons. The molecule has 2 aromatic rings. The summed E-state index contributed by atoms with van der Waals surface area (Å²) in [5.41, 5.74) is 1.56. The topological polar surface area (TPSA) is 62.6 Å². The van der Waals surface area contributed by atoms with Crippen molar-refractivity contribution in [2.45, 2.75) is 32.7 Å². The van der Waals surface area contributed by atoms with Gasteiger partial charge in [0.2, 0.25) is 0 Å². The normalized spacial score (nSPS) is 14.7. The average Bonchev–Trinajstić information content (AvgIpc) is 2.78. The number of aromatic nitrogens is 2. The van der Waals surface area contributed by atoms with E-state index in [2.05, 4.69) is 32.3 Å². The van der Waals surface area contributed by atoms with E-state index in [1.165, 1.54) is 10.4 Å². The molecule has 3 rings (SSSR count). The highest BCUT2D eigenvalue weighted by molar-refractivity contribution is 6.32. The summed E-state index contributed by atoms with van der Waals surface area (Å²) in [6, 6.07) is 8.21. The van der Waals surface area contributed by atoms with Crippen molar-refractivity contribution < 1.29 is 4.74 Å². The molecule has 30 heavy (non-hydrogen) atoms. The van der Waals surface area contributed by atoms with Crippen molar-refractivity contribution in [1.29, 1.82) is 0 Å². The lowest BCUT2D eigenvalue weighted by molar-refractivity contribution is 0.250. The van der Waals surface area contributed by atoms with Crippen LogP contribution in [0.1, 0.15) is 26.2 Å². The summed E-state index contributed by atoms with van der Waals surface area (Å²) in [6.07, 6.45) is 4.74. The minimum atomic E-state index is -0.220. The quantitative estimate of drug-likeness (QED) is 0.580. The van der Waals surface area contributed by atoms with Gasteiger partial charge >= 0.3 is 0 Å². The Morgan fingerprint density at radius 3 is 2.57 bits per heavy atom. The first-order chi connectivity index (χ1) is 14.6. The van der Waals surface area contributed by atoms with Gasteiger partial charge in [-0.1, -0.05) is 30.2 Å². The summed E-state index contributed by atoms with van der Waals surface area (Å²) < 4.78 is 6.96. The number of rotatable bonds is 10. The minimum Gasteiger partial charge on any atom is -0.495 e. The summed E-state index contributed by atoms with van der Waals surface area (Å²) >= 11 is 6.14. The summed E-state index contributed by atoms with van der Waals surface area (Å²) in [5.74, 6) is 0.938. The number of piperazine rings is 1. The van der Waals surface area contributed by atoms with Crippen LogP contribution in [0.5, 0.6) is 5.75 Å². The lowest BCUT2D eigenvalue weighted by atomic mass is 10.2. The molecule has 7 nitrogen and oxygen atoms in total. The zero-order valence-corrected chi connectivity index (χ0v) is 18.7. The first kappa shape index (κ1) is 22.4. The van der Waals surface area contributed by atoms with Gasteiger partial charge in [0.1, 0.15) is 10.8 Å². The van der Waals surface area contributed by atoms with Crippen molar-refractivity contribution in [3.63, 3.8) is 0 Å². The highest BCUT2D eigenvalue weighted by Gasteiger charge is 2.19. The predicted octanol–water partition coefficient (Wildman–Crippen LogP) is 3.33. The second-order valence-electron chi connectivity index (χ2n) is 7.49. The molecule has 1 aliphatic rings. The molecular formula is C22H32ClN5O2. The first-order valence-corrected chi connectivity index (χ1v) is 11.1. The number of ether oxygens (including phenoxy) is 1.